The number of benzene rings is 2. The monoisotopic (exact) mass is 333 g/mol. The summed E-state index contributed by atoms with van der Waals surface area (Å²) in [6, 6.07) is 16.1. The van der Waals surface area contributed by atoms with Gasteiger partial charge in [-0.05, 0) is 35.2 Å². The van der Waals surface area contributed by atoms with Crippen molar-refractivity contribution in [1.29, 1.82) is 0 Å². The zero-order chi connectivity index (χ0) is 14.5. The van der Waals surface area contributed by atoms with Crippen molar-refractivity contribution in [3.05, 3.63) is 64.1 Å². The number of aliphatic hydroxyl groups excluding tert-OH is 1. The molecule has 1 unspecified atom stereocenters. The molecular weight excluding hydrogens is 314 g/mol. The predicted molar refractivity (Wildman–Crippen MR) is 88.1 cm³/mol. The molecule has 0 radical (unpaired) electrons. The van der Waals surface area contributed by atoms with Crippen molar-refractivity contribution >= 4 is 21.6 Å². The van der Waals surface area contributed by atoms with Crippen LogP contribution in [0.3, 0.4) is 0 Å². The van der Waals surface area contributed by atoms with Crippen molar-refractivity contribution in [2.75, 3.05) is 11.9 Å². The lowest BCUT2D eigenvalue weighted by Crippen LogP contribution is -2.12. The van der Waals surface area contributed by atoms with Crippen LogP contribution in [0.1, 0.15) is 37.0 Å². The quantitative estimate of drug-likeness (QED) is 0.829. The molecule has 0 aromatic heterocycles. The highest BCUT2D eigenvalue weighted by atomic mass is 79.9. The number of hydrogen-bond donors (Lipinski definition) is 2. The number of aliphatic hydroxyl groups is 1. The minimum Gasteiger partial charge on any atom is -0.387 e. The molecule has 1 atom stereocenters. The van der Waals surface area contributed by atoms with Gasteiger partial charge >= 0.3 is 0 Å². The molecule has 2 rings (SSSR count). The first-order chi connectivity index (χ1) is 9.56. The van der Waals surface area contributed by atoms with Crippen molar-refractivity contribution in [2.45, 2.75) is 25.9 Å². The van der Waals surface area contributed by atoms with Crippen molar-refractivity contribution in [3.63, 3.8) is 0 Å². The van der Waals surface area contributed by atoms with E-state index in [1.54, 1.807) is 0 Å². The fraction of sp³-hybridized carbons (Fsp3) is 0.294. The van der Waals surface area contributed by atoms with Gasteiger partial charge in [-0.1, -0.05) is 60.1 Å². The van der Waals surface area contributed by atoms with Crippen LogP contribution in [0.4, 0.5) is 5.69 Å². The molecule has 0 saturated carbocycles. The van der Waals surface area contributed by atoms with Crippen LogP contribution in [-0.2, 0) is 0 Å². The number of hydrogen-bond acceptors (Lipinski definition) is 2. The lowest BCUT2D eigenvalue weighted by molar-refractivity contribution is 0.191. The molecule has 2 aromatic carbocycles. The van der Waals surface area contributed by atoms with Crippen LogP contribution >= 0.6 is 15.9 Å². The van der Waals surface area contributed by atoms with Gasteiger partial charge in [-0.3, -0.25) is 0 Å². The molecule has 0 spiro atoms. The van der Waals surface area contributed by atoms with Gasteiger partial charge in [0.05, 0.1) is 6.10 Å². The van der Waals surface area contributed by atoms with Gasteiger partial charge in [-0.2, -0.15) is 0 Å². The predicted octanol–water partition coefficient (Wildman–Crippen LogP) is 4.72. The number of anilines is 1. The van der Waals surface area contributed by atoms with Crippen LogP contribution in [0.5, 0.6) is 0 Å². The molecule has 2 nitrogen and oxygen atoms in total. The number of halogens is 1. The molecule has 0 aliphatic rings. The second-order valence-corrected chi connectivity index (χ2v) is 6.14. The smallest absolute Gasteiger partial charge is 0.0962 e. The Morgan fingerprint density at radius 2 is 1.70 bits per heavy atom. The summed E-state index contributed by atoms with van der Waals surface area (Å²) in [5, 5.41) is 13.4. The van der Waals surface area contributed by atoms with Gasteiger partial charge in [-0.25, -0.2) is 0 Å². The van der Waals surface area contributed by atoms with E-state index in [4.69, 9.17) is 0 Å². The van der Waals surface area contributed by atoms with Crippen molar-refractivity contribution in [2.24, 2.45) is 0 Å². The van der Waals surface area contributed by atoms with Crippen LogP contribution in [-0.4, -0.2) is 11.7 Å². The van der Waals surface area contributed by atoms with E-state index in [0.29, 0.717) is 12.5 Å². The summed E-state index contributed by atoms with van der Waals surface area (Å²) in [4.78, 5) is 0. The highest BCUT2D eigenvalue weighted by Crippen LogP contribution is 2.20. The first-order valence-corrected chi connectivity index (χ1v) is 7.63. The molecule has 2 N–H and O–H groups in total. The Hall–Kier alpha value is -1.32. The zero-order valence-electron chi connectivity index (χ0n) is 11.8. The van der Waals surface area contributed by atoms with Gasteiger partial charge in [0.1, 0.15) is 0 Å². The maximum Gasteiger partial charge on any atom is 0.0962 e. The summed E-state index contributed by atoms with van der Waals surface area (Å²) in [5.74, 6) is 0.515. The summed E-state index contributed by atoms with van der Waals surface area (Å²) in [6.45, 7) is 4.83. The Balaban J connectivity index is 1.96. The fourth-order valence-electron chi connectivity index (χ4n) is 2.03. The maximum absolute atomic E-state index is 10.2. The molecule has 2 aromatic rings. The van der Waals surface area contributed by atoms with Gasteiger partial charge in [0.25, 0.3) is 0 Å². The minimum absolute atomic E-state index is 0.497. The molecule has 0 amide bonds. The van der Waals surface area contributed by atoms with Crippen LogP contribution in [0.2, 0.25) is 0 Å². The molecule has 0 bridgehead atoms. The van der Waals surface area contributed by atoms with E-state index in [1.165, 1.54) is 5.56 Å². The van der Waals surface area contributed by atoms with Crippen LogP contribution in [0.15, 0.2) is 53.0 Å². The third kappa shape index (κ3) is 4.09. The summed E-state index contributed by atoms with van der Waals surface area (Å²) in [5.41, 5.74) is 3.23. The molecule has 0 fully saturated rings. The van der Waals surface area contributed by atoms with Crippen LogP contribution < -0.4 is 5.32 Å². The third-order valence-electron chi connectivity index (χ3n) is 3.31. The largest absolute Gasteiger partial charge is 0.387 e. The van der Waals surface area contributed by atoms with E-state index < -0.39 is 6.10 Å². The Bertz CT molecular complexity index is 551. The first kappa shape index (κ1) is 15.1. The molecule has 20 heavy (non-hydrogen) atoms. The van der Waals surface area contributed by atoms with Gasteiger partial charge in [0.15, 0.2) is 0 Å². The lowest BCUT2D eigenvalue weighted by Gasteiger charge is -2.14. The zero-order valence-corrected chi connectivity index (χ0v) is 13.4. The normalized spacial score (nSPS) is 12.4. The topological polar surface area (TPSA) is 32.3 Å². The van der Waals surface area contributed by atoms with E-state index in [9.17, 15) is 5.11 Å². The van der Waals surface area contributed by atoms with Crippen molar-refractivity contribution < 1.29 is 5.11 Å². The lowest BCUT2D eigenvalue weighted by atomic mass is 10.00. The van der Waals surface area contributed by atoms with Gasteiger partial charge in [0, 0.05) is 16.7 Å². The SMILES string of the molecule is CC(C)c1ccc(C(O)CNc2cccc(Br)c2)cc1. The Kier molecular flexibility index (Phi) is 5.21. The second kappa shape index (κ2) is 6.91. The highest BCUT2D eigenvalue weighted by molar-refractivity contribution is 9.10. The fourth-order valence-corrected chi connectivity index (χ4v) is 2.43. The number of nitrogens with one attached hydrogen (secondary N) is 1. The number of rotatable bonds is 5. The molecule has 0 aliphatic carbocycles. The molecule has 0 heterocycles. The summed E-state index contributed by atoms with van der Waals surface area (Å²) >= 11 is 3.43. The van der Waals surface area contributed by atoms with E-state index in [2.05, 4.69) is 47.2 Å². The standard InChI is InChI=1S/C17H20BrNO/c1-12(2)13-6-8-14(9-7-13)17(20)11-19-16-5-3-4-15(18)10-16/h3-10,12,17,19-20H,11H2,1-2H3. The highest BCUT2D eigenvalue weighted by Gasteiger charge is 2.08. The molecule has 0 aliphatic heterocycles. The first-order valence-electron chi connectivity index (χ1n) is 6.83. The average molecular weight is 334 g/mol. The Morgan fingerprint density at radius 3 is 2.30 bits per heavy atom. The van der Waals surface area contributed by atoms with Gasteiger partial charge < -0.3 is 10.4 Å². The summed E-state index contributed by atoms with van der Waals surface area (Å²) < 4.78 is 1.03. The molecular formula is C17H20BrNO. The molecule has 0 saturated heterocycles. The van der Waals surface area contributed by atoms with Gasteiger partial charge in [-0.15, -0.1) is 0 Å². The van der Waals surface area contributed by atoms with Crippen LogP contribution in [0.25, 0.3) is 0 Å². The second-order valence-electron chi connectivity index (χ2n) is 5.23. The Labute approximate surface area is 129 Å². The maximum atomic E-state index is 10.2. The molecule has 3 heteroatoms. The summed E-state index contributed by atoms with van der Waals surface area (Å²) in [6.07, 6.45) is -0.504. The Morgan fingerprint density at radius 1 is 1.05 bits per heavy atom. The summed E-state index contributed by atoms with van der Waals surface area (Å²) in [7, 11) is 0. The molecule has 106 valence electrons. The van der Waals surface area contributed by atoms with E-state index >= 15 is 0 Å². The van der Waals surface area contributed by atoms with E-state index in [0.717, 1.165) is 15.7 Å². The van der Waals surface area contributed by atoms with Crippen molar-refractivity contribution in [1.82, 2.24) is 0 Å². The minimum atomic E-state index is -0.504. The third-order valence-corrected chi connectivity index (χ3v) is 3.81. The van der Waals surface area contributed by atoms with Crippen molar-refractivity contribution in [3.8, 4) is 0 Å². The van der Waals surface area contributed by atoms with E-state index in [-0.39, 0.29) is 0 Å². The van der Waals surface area contributed by atoms with E-state index in [1.807, 2.05) is 36.4 Å². The van der Waals surface area contributed by atoms with Gasteiger partial charge in [0.2, 0.25) is 0 Å². The average Bonchev–Trinajstić information content (AvgIpc) is 2.45. The van der Waals surface area contributed by atoms with Crippen LogP contribution in [0, 0.1) is 0 Å².